The molecular weight excluding hydrogens is 236 g/mol. The first-order valence-electron chi connectivity index (χ1n) is 4.26. The van der Waals surface area contributed by atoms with Crippen LogP contribution in [-0.4, -0.2) is 21.2 Å². The maximum absolute atomic E-state index is 10.7. The fourth-order valence-electron chi connectivity index (χ4n) is 1.07. The second-order valence-corrected chi connectivity index (χ2v) is 4.99. The number of nitrogens with two attached hydrogens (primary N) is 1. The molecule has 0 radical (unpaired) electrons. The Morgan fingerprint density at radius 1 is 1.27 bits per heavy atom. The molecule has 0 atom stereocenters. The van der Waals surface area contributed by atoms with E-state index < -0.39 is 10.0 Å². The van der Waals surface area contributed by atoms with Gasteiger partial charge in [-0.15, -0.1) is 12.4 Å². The number of hydrogen-bond acceptors (Lipinski definition) is 3. The maximum Gasteiger partial charge on any atom is 0.208 e. The standard InChI is InChI=1S/C9H14N2O2S.ClH/c1-14(12,13)11-7-6-8-2-4-9(10)5-3-8;/h2-5,11H,6-7,10H2,1H3;1H. The minimum absolute atomic E-state index is 0. The van der Waals surface area contributed by atoms with Crippen molar-refractivity contribution in [3.05, 3.63) is 29.8 Å². The molecule has 1 aromatic carbocycles. The molecule has 0 aromatic heterocycles. The molecule has 0 aliphatic rings. The third kappa shape index (κ3) is 6.33. The molecular formula is C9H15ClN2O2S. The van der Waals surface area contributed by atoms with Crippen LogP contribution in [0.3, 0.4) is 0 Å². The zero-order valence-electron chi connectivity index (χ0n) is 8.43. The Balaban J connectivity index is 0.00000196. The average molecular weight is 251 g/mol. The third-order valence-corrected chi connectivity index (χ3v) is 2.49. The van der Waals surface area contributed by atoms with Gasteiger partial charge in [-0.25, -0.2) is 13.1 Å². The molecule has 0 amide bonds. The van der Waals surface area contributed by atoms with Gasteiger partial charge in [-0.05, 0) is 24.1 Å². The Labute approximate surface area is 96.3 Å². The van der Waals surface area contributed by atoms with Crippen molar-refractivity contribution in [2.75, 3.05) is 18.5 Å². The second-order valence-electron chi connectivity index (χ2n) is 3.16. The molecule has 1 aromatic rings. The van der Waals surface area contributed by atoms with Crippen LogP contribution in [0.15, 0.2) is 24.3 Å². The molecule has 0 saturated heterocycles. The van der Waals surface area contributed by atoms with Crippen LogP contribution in [0.2, 0.25) is 0 Å². The summed E-state index contributed by atoms with van der Waals surface area (Å²) in [5, 5.41) is 0. The van der Waals surface area contributed by atoms with Crippen molar-refractivity contribution in [3.8, 4) is 0 Å². The molecule has 0 heterocycles. The van der Waals surface area contributed by atoms with Gasteiger partial charge in [0.15, 0.2) is 0 Å². The molecule has 3 N–H and O–H groups in total. The monoisotopic (exact) mass is 250 g/mol. The van der Waals surface area contributed by atoms with Gasteiger partial charge < -0.3 is 5.73 Å². The highest BCUT2D eigenvalue weighted by atomic mass is 35.5. The minimum Gasteiger partial charge on any atom is -0.399 e. The van der Waals surface area contributed by atoms with Crippen LogP contribution < -0.4 is 10.5 Å². The van der Waals surface area contributed by atoms with Gasteiger partial charge in [-0.2, -0.15) is 0 Å². The minimum atomic E-state index is -3.08. The summed E-state index contributed by atoms with van der Waals surface area (Å²) in [6.07, 6.45) is 1.82. The number of hydrogen-bond donors (Lipinski definition) is 2. The van der Waals surface area contributed by atoms with E-state index in [0.717, 1.165) is 11.8 Å². The molecule has 0 saturated carbocycles. The van der Waals surface area contributed by atoms with Crippen molar-refractivity contribution in [1.82, 2.24) is 4.72 Å². The predicted molar refractivity (Wildman–Crippen MR) is 64.7 cm³/mol. The van der Waals surface area contributed by atoms with Gasteiger partial charge >= 0.3 is 0 Å². The normalized spacial score (nSPS) is 10.7. The zero-order chi connectivity index (χ0) is 10.6. The summed E-state index contributed by atoms with van der Waals surface area (Å²) in [6.45, 7) is 0.419. The Morgan fingerprint density at radius 2 is 1.80 bits per heavy atom. The number of nitrogens with one attached hydrogen (secondary N) is 1. The van der Waals surface area contributed by atoms with E-state index >= 15 is 0 Å². The SMILES string of the molecule is CS(=O)(=O)NCCc1ccc(N)cc1.Cl. The fraction of sp³-hybridized carbons (Fsp3) is 0.333. The highest BCUT2D eigenvalue weighted by molar-refractivity contribution is 7.88. The van der Waals surface area contributed by atoms with Crippen molar-refractivity contribution >= 4 is 28.1 Å². The summed E-state index contributed by atoms with van der Waals surface area (Å²) in [5.74, 6) is 0. The molecule has 15 heavy (non-hydrogen) atoms. The van der Waals surface area contributed by atoms with Crippen molar-refractivity contribution in [3.63, 3.8) is 0 Å². The van der Waals surface area contributed by atoms with Gasteiger partial charge in [0, 0.05) is 12.2 Å². The van der Waals surface area contributed by atoms with Crippen LogP contribution in [0, 0.1) is 0 Å². The number of rotatable bonds is 4. The van der Waals surface area contributed by atoms with Gasteiger partial charge in [0.05, 0.1) is 6.26 Å². The molecule has 86 valence electrons. The van der Waals surface area contributed by atoms with E-state index in [0.29, 0.717) is 18.7 Å². The second kappa shape index (κ2) is 5.95. The molecule has 0 unspecified atom stereocenters. The van der Waals surface area contributed by atoms with E-state index in [1.54, 1.807) is 12.1 Å². The Morgan fingerprint density at radius 3 is 2.27 bits per heavy atom. The van der Waals surface area contributed by atoms with E-state index in [1.165, 1.54) is 0 Å². The highest BCUT2D eigenvalue weighted by Crippen LogP contribution is 2.05. The van der Waals surface area contributed by atoms with Crippen LogP contribution in [0.5, 0.6) is 0 Å². The quantitative estimate of drug-likeness (QED) is 0.776. The van der Waals surface area contributed by atoms with Crippen LogP contribution in [-0.2, 0) is 16.4 Å². The van der Waals surface area contributed by atoms with Crippen LogP contribution in [0.4, 0.5) is 5.69 Å². The van der Waals surface area contributed by atoms with Gasteiger partial charge in [0.2, 0.25) is 10.0 Å². The number of benzene rings is 1. The summed E-state index contributed by atoms with van der Waals surface area (Å²) in [5.41, 5.74) is 7.29. The van der Waals surface area contributed by atoms with Crippen molar-refractivity contribution in [2.45, 2.75) is 6.42 Å². The van der Waals surface area contributed by atoms with E-state index in [9.17, 15) is 8.42 Å². The molecule has 6 heteroatoms. The predicted octanol–water partition coefficient (Wildman–Crippen LogP) is 0.782. The first-order valence-corrected chi connectivity index (χ1v) is 6.15. The van der Waals surface area contributed by atoms with Crippen molar-refractivity contribution in [2.24, 2.45) is 0 Å². The van der Waals surface area contributed by atoms with Crippen molar-refractivity contribution in [1.29, 1.82) is 0 Å². The van der Waals surface area contributed by atoms with E-state index in [-0.39, 0.29) is 12.4 Å². The summed E-state index contributed by atoms with van der Waals surface area (Å²) in [7, 11) is -3.08. The Hall–Kier alpha value is -0.780. The largest absolute Gasteiger partial charge is 0.399 e. The van der Waals surface area contributed by atoms with Gasteiger partial charge in [-0.3, -0.25) is 0 Å². The molecule has 0 fully saturated rings. The number of anilines is 1. The van der Waals surface area contributed by atoms with Crippen LogP contribution in [0.25, 0.3) is 0 Å². The lowest BCUT2D eigenvalue weighted by molar-refractivity contribution is 0.588. The zero-order valence-corrected chi connectivity index (χ0v) is 10.1. The molecule has 0 aliphatic heterocycles. The molecule has 0 spiro atoms. The van der Waals surface area contributed by atoms with Gasteiger partial charge in [0.25, 0.3) is 0 Å². The Kier molecular flexibility index (Phi) is 5.64. The van der Waals surface area contributed by atoms with Gasteiger partial charge in [0.1, 0.15) is 0 Å². The maximum atomic E-state index is 10.7. The van der Waals surface area contributed by atoms with Crippen LogP contribution in [0.1, 0.15) is 5.56 Å². The first-order chi connectivity index (χ1) is 6.47. The summed E-state index contributed by atoms with van der Waals surface area (Å²) < 4.78 is 23.9. The highest BCUT2D eigenvalue weighted by Gasteiger charge is 1.99. The number of halogens is 1. The summed E-state index contributed by atoms with van der Waals surface area (Å²) in [4.78, 5) is 0. The lowest BCUT2D eigenvalue weighted by atomic mass is 10.1. The molecule has 4 nitrogen and oxygen atoms in total. The topological polar surface area (TPSA) is 72.2 Å². The number of sulfonamides is 1. The molecule has 1 rings (SSSR count). The smallest absolute Gasteiger partial charge is 0.208 e. The lowest BCUT2D eigenvalue weighted by Gasteiger charge is -2.02. The Bertz CT molecular complexity index is 389. The molecule has 0 aliphatic carbocycles. The fourth-order valence-corrected chi connectivity index (χ4v) is 1.54. The van der Waals surface area contributed by atoms with E-state index in [4.69, 9.17) is 5.73 Å². The average Bonchev–Trinajstić information content (AvgIpc) is 2.06. The van der Waals surface area contributed by atoms with Crippen LogP contribution >= 0.6 is 12.4 Å². The third-order valence-electron chi connectivity index (χ3n) is 1.76. The summed E-state index contributed by atoms with van der Waals surface area (Å²) in [6, 6.07) is 7.38. The van der Waals surface area contributed by atoms with Crippen molar-refractivity contribution < 1.29 is 8.42 Å². The summed E-state index contributed by atoms with van der Waals surface area (Å²) >= 11 is 0. The first kappa shape index (κ1) is 14.2. The van der Waals surface area contributed by atoms with E-state index in [1.807, 2.05) is 12.1 Å². The van der Waals surface area contributed by atoms with Gasteiger partial charge in [-0.1, -0.05) is 12.1 Å². The van der Waals surface area contributed by atoms with E-state index in [2.05, 4.69) is 4.72 Å². The molecule has 0 bridgehead atoms. The lowest BCUT2D eigenvalue weighted by Crippen LogP contribution is -2.24. The number of nitrogen functional groups attached to an aromatic ring is 1.